The summed E-state index contributed by atoms with van der Waals surface area (Å²) in [6.07, 6.45) is -2.50. The lowest BCUT2D eigenvalue weighted by Crippen LogP contribution is -2.04. The van der Waals surface area contributed by atoms with Crippen LogP contribution >= 0.6 is 27.7 Å². The largest absolute Gasteiger partial charge is 0.416 e. The minimum atomic E-state index is -4.32. The summed E-state index contributed by atoms with van der Waals surface area (Å²) in [5.41, 5.74) is 3.11. The van der Waals surface area contributed by atoms with E-state index in [1.807, 2.05) is 60.8 Å². The molecule has 2 nitrogen and oxygen atoms in total. The zero-order chi connectivity index (χ0) is 21.1. The molecule has 3 aromatic carbocycles. The minimum Gasteiger partial charge on any atom is -0.287 e. The van der Waals surface area contributed by atoms with Crippen LogP contribution in [0.25, 0.3) is 16.9 Å². The van der Waals surface area contributed by atoms with Gasteiger partial charge in [0.25, 0.3) is 0 Å². The Hall–Kier alpha value is -2.51. The number of hydrogen-bond acceptors (Lipinski definition) is 2. The molecule has 1 heterocycles. The molecule has 0 unspecified atom stereocenters. The molecule has 0 aliphatic heterocycles. The first-order chi connectivity index (χ1) is 14.4. The summed E-state index contributed by atoms with van der Waals surface area (Å²) in [4.78, 5) is 4.60. The van der Waals surface area contributed by atoms with Crippen LogP contribution in [-0.2, 0) is 11.9 Å². The van der Waals surface area contributed by atoms with Gasteiger partial charge in [0.1, 0.15) is 0 Å². The molecule has 0 aliphatic rings. The Morgan fingerprint density at radius 3 is 2.17 bits per heavy atom. The van der Waals surface area contributed by atoms with E-state index in [0.29, 0.717) is 5.75 Å². The van der Waals surface area contributed by atoms with Crippen molar-refractivity contribution in [3.8, 4) is 16.9 Å². The molecule has 0 aliphatic carbocycles. The maximum atomic E-state index is 12.8. The number of benzene rings is 3. The lowest BCUT2D eigenvalue weighted by atomic mass is 10.1. The third-order valence-corrected chi connectivity index (χ3v) is 6.09. The van der Waals surface area contributed by atoms with Crippen molar-refractivity contribution >= 4 is 27.7 Å². The van der Waals surface area contributed by atoms with Crippen LogP contribution in [0.15, 0.2) is 94.7 Å². The molecule has 4 rings (SSSR count). The Morgan fingerprint density at radius 2 is 1.53 bits per heavy atom. The van der Waals surface area contributed by atoms with Crippen LogP contribution in [0.5, 0.6) is 0 Å². The zero-order valence-corrected chi connectivity index (χ0v) is 18.0. The first kappa shape index (κ1) is 20.8. The van der Waals surface area contributed by atoms with Crippen LogP contribution in [0.1, 0.15) is 11.1 Å². The molecular formula is C23H16BrF3N2S. The first-order valence-corrected chi connectivity index (χ1v) is 10.9. The number of thioether (sulfide) groups is 1. The van der Waals surface area contributed by atoms with E-state index < -0.39 is 11.7 Å². The zero-order valence-electron chi connectivity index (χ0n) is 15.6. The second-order valence-corrected chi connectivity index (χ2v) is 8.45. The number of rotatable bonds is 5. The Balaban J connectivity index is 1.64. The van der Waals surface area contributed by atoms with E-state index >= 15 is 0 Å². The van der Waals surface area contributed by atoms with E-state index in [9.17, 15) is 13.2 Å². The smallest absolute Gasteiger partial charge is 0.287 e. The highest BCUT2D eigenvalue weighted by molar-refractivity contribution is 9.10. The van der Waals surface area contributed by atoms with Crippen molar-refractivity contribution in [3.63, 3.8) is 0 Å². The Kier molecular flexibility index (Phi) is 6.01. The monoisotopic (exact) mass is 488 g/mol. The Labute approximate surface area is 184 Å². The van der Waals surface area contributed by atoms with Gasteiger partial charge in [-0.25, -0.2) is 4.98 Å². The predicted molar refractivity (Wildman–Crippen MR) is 118 cm³/mol. The van der Waals surface area contributed by atoms with Gasteiger partial charge in [-0.15, -0.1) is 0 Å². The summed E-state index contributed by atoms with van der Waals surface area (Å²) >= 11 is 4.95. The summed E-state index contributed by atoms with van der Waals surface area (Å²) < 4.78 is 41.4. The molecule has 7 heteroatoms. The molecular weight excluding hydrogens is 473 g/mol. The van der Waals surface area contributed by atoms with E-state index in [0.717, 1.165) is 44.3 Å². The summed E-state index contributed by atoms with van der Waals surface area (Å²) in [5, 5.41) is 0.777. The molecule has 4 aromatic rings. The van der Waals surface area contributed by atoms with Gasteiger partial charge in [-0.2, -0.15) is 13.2 Å². The molecule has 0 saturated carbocycles. The van der Waals surface area contributed by atoms with Gasteiger partial charge in [0.05, 0.1) is 17.5 Å². The minimum absolute atomic E-state index is 0.516. The average molecular weight is 489 g/mol. The van der Waals surface area contributed by atoms with Crippen LogP contribution in [0.3, 0.4) is 0 Å². The van der Waals surface area contributed by atoms with Crippen LogP contribution < -0.4 is 0 Å². The van der Waals surface area contributed by atoms with Gasteiger partial charge in [-0.05, 0) is 42.0 Å². The number of imidazole rings is 1. The van der Waals surface area contributed by atoms with Crippen molar-refractivity contribution in [1.82, 2.24) is 9.55 Å². The third kappa shape index (κ3) is 4.63. The summed E-state index contributed by atoms with van der Waals surface area (Å²) in [5.74, 6) is 0.516. The SMILES string of the molecule is FC(F)(F)c1ccc(CSc2ncc(-c3ccc(Br)cc3)n2-c2ccccc2)cc1. The predicted octanol–water partition coefficient (Wildman–Crippen LogP) is 7.61. The second kappa shape index (κ2) is 8.70. The van der Waals surface area contributed by atoms with Gasteiger partial charge >= 0.3 is 6.18 Å². The summed E-state index contributed by atoms with van der Waals surface area (Å²) in [7, 11) is 0. The van der Waals surface area contributed by atoms with Crippen LogP contribution in [0.4, 0.5) is 13.2 Å². The van der Waals surface area contributed by atoms with E-state index in [2.05, 4.69) is 25.5 Å². The molecule has 30 heavy (non-hydrogen) atoms. The van der Waals surface area contributed by atoms with Gasteiger partial charge in [-0.1, -0.05) is 70.2 Å². The van der Waals surface area contributed by atoms with Crippen molar-refractivity contribution in [1.29, 1.82) is 0 Å². The normalized spacial score (nSPS) is 11.6. The summed E-state index contributed by atoms with van der Waals surface area (Å²) in [6.45, 7) is 0. The fourth-order valence-electron chi connectivity index (χ4n) is 3.03. The topological polar surface area (TPSA) is 17.8 Å². The fourth-order valence-corrected chi connectivity index (χ4v) is 4.24. The molecule has 0 amide bonds. The highest BCUT2D eigenvalue weighted by Gasteiger charge is 2.29. The molecule has 0 N–H and O–H groups in total. The van der Waals surface area contributed by atoms with E-state index in [1.54, 1.807) is 0 Å². The van der Waals surface area contributed by atoms with Crippen molar-refractivity contribution < 1.29 is 13.2 Å². The highest BCUT2D eigenvalue weighted by Crippen LogP contribution is 2.33. The maximum Gasteiger partial charge on any atom is 0.416 e. The van der Waals surface area contributed by atoms with Crippen LogP contribution in [-0.4, -0.2) is 9.55 Å². The molecule has 0 atom stereocenters. The number of aromatic nitrogens is 2. The Bertz CT molecular complexity index is 1120. The number of alkyl halides is 3. The van der Waals surface area contributed by atoms with Gasteiger partial charge in [0.15, 0.2) is 5.16 Å². The van der Waals surface area contributed by atoms with Gasteiger partial charge in [-0.3, -0.25) is 4.57 Å². The number of halogens is 4. The molecule has 152 valence electrons. The summed E-state index contributed by atoms with van der Waals surface area (Å²) in [6, 6.07) is 23.2. The average Bonchev–Trinajstić information content (AvgIpc) is 3.17. The highest BCUT2D eigenvalue weighted by atomic mass is 79.9. The number of para-hydroxylation sites is 1. The molecule has 0 spiro atoms. The van der Waals surface area contributed by atoms with Crippen molar-refractivity contribution in [3.05, 3.63) is 101 Å². The lowest BCUT2D eigenvalue weighted by Gasteiger charge is -2.12. The number of nitrogens with zero attached hydrogens (tertiary/aromatic N) is 2. The Morgan fingerprint density at radius 1 is 0.867 bits per heavy atom. The molecule has 0 saturated heterocycles. The van der Waals surface area contributed by atoms with E-state index in [-0.39, 0.29) is 0 Å². The van der Waals surface area contributed by atoms with Gasteiger partial charge < -0.3 is 0 Å². The van der Waals surface area contributed by atoms with Crippen LogP contribution in [0.2, 0.25) is 0 Å². The van der Waals surface area contributed by atoms with Crippen molar-refractivity contribution in [2.24, 2.45) is 0 Å². The fraction of sp³-hybridized carbons (Fsp3) is 0.0870. The quantitative estimate of drug-likeness (QED) is 0.269. The standard InChI is InChI=1S/C23H16BrF3N2S/c24-19-12-8-17(9-13-19)21-14-28-22(29(21)20-4-2-1-3-5-20)30-15-16-6-10-18(11-7-16)23(25,26)27/h1-14H,15H2. The lowest BCUT2D eigenvalue weighted by molar-refractivity contribution is -0.137. The molecule has 0 radical (unpaired) electrons. The van der Waals surface area contributed by atoms with E-state index in [4.69, 9.17) is 0 Å². The van der Waals surface area contributed by atoms with Crippen molar-refractivity contribution in [2.75, 3.05) is 0 Å². The molecule has 0 fully saturated rings. The number of hydrogen-bond donors (Lipinski definition) is 0. The van der Waals surface area contributed by atoms with Crippen LogP contribution in [0, 0.1) is 0 Å². The van der Waals surface area contributed by atoms with Crippen molar-refractivity contribution in [2.45, 2.75) is 17.1 Å². The molecule has 1 aromatic heterocycles. The van der Waals surface area contributed by atoms with Gasteiger partial charge in [0.2, 0.25) is 0 Å². The molecule has 0 bridgehead atoms. The van der Waals surface area contributed by atoms with Gasteiger partial charge in [0, 0.05) is 21.5 Å². The second-order valence-electron chi connectivity index (χ2n) is 6.59. The first-order valence-electron chi connectivity index (χ1n) is 9.10. The van der Waals surface area contributed by atoms with E-state index in [1.165, 1.54) is 23.9 Å². The third-order valence-electron chi connectivity index (χ3n) is 4.53. The maximum absolute atomic E-state index is 12.8.